The number of rotatable bonds is 49. The number of hydrogen-bond acceptors (Lipinski definition) is 22. The third-order valence-electron chi connectivity index (χ3n) is 17.4. The molecular formula is C70H126N20O20. The Balaban J connectivity index is 0.0000147. The van der Waals surface area contributed by atoms with Gasteiger partial charge in [-0.05, 0) is 160 Å². The molecule has 0 aromatic heterocycles. The third kappa shape index (κ3) is 38.3. The monoisotopic (exact) mass is 1570 g/mol. The van der Waals surface area contributed by atoms with Crippen LogP contribution in [-0.4, -0.2) is 263 Å². The van der Waals surface area contributed by atoms with Crippen LogP contribution in [0.1, 0.15) is 179 Å². The average molecular weight is 1570 g/mol. The van der Waals surface area contributed by atoms with Gasteiger partial charge < -0.3 is 123 Å². The highest BCUT2D eigenvalue weighted by Gasteiger charge is 2.40. The van der Waals surface area contributed by atoms with Crippen LogP contribution in [0.15, 0.2) is 4.99 Å². The molecule has 0 aromatic rings. The van der Waals surface area contributed by atoms with Crippen molar-refractivity contribution in [2.75, 3.05) is 52.4 Å². The zero-order chi connectivity index (χ0) is 83.7. The summed E-state index contributed by atoms with van der Waals surface area (Å²) in [6, 6.07) is -16.5. The zero-order valence-electron chi connectivity index (χ0n) is 65.7. The predicted octanol–water partition coefficient (Wildman–Crippen LogP) is -6.01. The van der Waals surface area contributed by atoms with Crippen molar-refractivity contribution in [1.29, 1.82) is 0 Å². The minimum absolute atomic E-state index is 0.00982. The number of carbonyl (C=O) groups excluding carboxylic acids is 14. The quantitative estimate of drug-likeness (QED) is 0.0153. The first-order chi connectivity index (χ1) is 51.6. The Kier molecular flexibility index (Phi) is 46.5. The summed E-state index contributed by atoms with van der Waals surface area (Å²) in [7, 11) is 0. The Morgan fingerprint density at radius 1 is 0.473 bits per heavy atom. The zero-order valence-corrected chi connectivity index (χ0v) is 65.7. The number of aliphatic carboxylic acids is 2. The molecule has 14 atom stereocenters. The van der Waals surface area contributed by atoms with Crippen molar-refractivity contribution in [3.05, 3.63) is 0 Å². The first kappa shape index (κ1) is 98.6. The highest BCUT2D eigenvalue weighted by atomic mass is 16.4. The van der Waals surface area contributed by atoms with Crippen molar-refractivity contribution in [2.24, 2.45) is 51.6 Å². The lowest BCUT2D eigenvalue weighted by molar-refractivity contribution is -0.142. The summed E-state index contributed by atoms with van der Waals surface area (Å²) in [4.78, 5) is 217. The van der Waals surface area contributed by atoms with E-state index in [1.165, 1.54) is 25.7 Å². The summed E-state index contributed by atoms with van der Waals surface area (Å²) >= 11 is 0. The van der Waals surface area contributed by atoms with Gasteiger partial charge in [0.2, 0.25) is 82.7 Å². The van der Waals surface area contributed by atoms with E-state index in [2.05, 4.69) is 79.4 Å². The largest absolute Gasteiger partial charge is 0.481 e. The minimum atomic E-state index is -1.78. The number of carboxylic acids is 2. The number of nitrogens with two attached hydrogens (primary N) is 4. The molecule has 2 saturated heterocycles. The number of unbranched alkanes of at least 4 members (excludes halogenated alkanes) is 2. The number of nitrogens with one attached hydrogen (secondary N) is 14. The summed E-state index contributed by atoms with van der Waals surface area (Å²) in [6.45, 7) is 17.9. The molecule has 0 spiro atoms. The van der Waals surface area contributed by atoms with Gasteiger partial charge in [-0.3, -0.25) is 76.9 Å². The lowest BCUT2D eigenvalue weighted by atomic mass is 10.0. The molecule has 14 amide bonds. The van der Waals surface area contributed by atoms with Crippen LogP contribution in [0.5, 0.6) is 0 Å². The van der Waals surface area contributed by atoms with Gasteiger partial charge in [-0.1, -0.05) is 55.4 Å². The van der Waals surface area contributed by atoms with Crippen molar-refractivity contribution in [2.45, 2.75) is 264 Å². The highest BCUT2D eigenvalue weighted by Crippen LogP contribution is 2.21. The van der Waals surface area contributed by atoms with E-state index in [-0.39, 0.29) is 94.1 Å². The van der Waals surface area contributed by atoms with Gasteiger partial charge >= 0.3 is 5.97 Å². The maximum atomic E-state index is 14.2. The Labute approximate surface area is 642 Å². The molecule has 2 rings (SSSR count). The topological polar surface area (TPSA) is 642 Å². The van der Waals surface area contributed by atoms with Crippen molar-refractivity contribution in [3.63, 3.8) is 0 Å². The number of guanidine groups is 1. The average Bonchev–Trinajstić information content (AvgIpc) is 1.62. The fraction of sp³-hybridized carbons (Fsp3) is 0.757. The van der Waals surface area contributed by atoms with Crippen LogP contribution in [0.25, 0.3) is 0 Å². The molecule has 110 heavy (non-hydrogen) atoms. The van der Waals surface area contributed by atoms with E-state index >= 15 is 0 Å². The van der Waals surface area contributed by atoms with E-state index in [0.29, 0.717) is 58.2 Å². The van der Waals surface area contributed by atoms with E-state index in [1.54, 1.807) is 41.5 Å². The molecule has 40 nitrogen and oxygen atoms in total. The Bertz CT molecular complexity index is 3070. The molecule has 0 unspecified atom stereocenters. The predicted molar refractivity (Wildman–Crippen MR) is 403 cm³/mol. The second-order valence-corrected chi connectivity index (χ2v) is 29.2. The number of hydrogen-bond donors (Lipinski definition) is 22. The summed E-state index contributed by atoms with van der Waals surface area (Å²) in [5, 5.41) is 74.3. The third-order valence-corrected chi connectivity index (χ3v) is 17.4. The Morgan fingerprint density at radius 2 is 0.909 bits per heavy atom. The number of aliphatic hydroxyl groups excluding tert-OH is 2. The molecule has 2 fully saturated rings. The molecule has 626 valence electrons. The molecule has 0 aromatic carbocycles. The fourth-order valence-corrected chi connectivity index (χ4v) is 11.7. The fourth-order valence-electron chi connectivity index (χ4n) is 11.7. The molecule has 0 radical (unpaired) electrons. The number of carboxylic acid groups (broad SMARTS) is 2. The van der Waals surface area contributed by atoms with Gasteiger partial charge in [-0.25, -0.2) is 4.79 Å². The van der Waals surface area contributed by atoms with Crippen LogP contribution in [0, 0.1) is 23.7 Å². The number of nitrogens with zero attached hydrogens (tertiary/aromatic N) is 2. The van der Waals surface area contributed by atoms with Crippen LogP contribution >= 0.6 is 0 Å². The molecule has 0 saturated carbocycles. The van der Waals surface area contributed by atoms with Crippen LogP contribution in [0.4, 0.5) is 0 Å². The number of likely N-dealkylation sites (tertiary alicyclic amines) is 1. The maximum Gasteiger partial charge on any atom is 0.326 e. The molecule has 2 aliphatic rings. The SMILES string of the molecule is CC(=O)O.CC(C)C[C@H](NC(=O)[C@@H]1CCCN1)C(=O)N[C@@H](C)C(=O)N[C@@H](CCCN=C(N)N)C(=O)N[C@H](C(=O)N[C@@H](CC(C)C)C(=O)N[C@@H](CO)C(=O)N[C@H](C(=O)N[C@@H](C)C(=O)NCC(=O)N[C@@H](CC(C)C)C(=O)N1CCC[C@H]1C(=O)NCC(=O)N[C@@H](CCCCN)C(=O)N[C@@H](CCCCN)C(=O)O)C(C)C)[C@@H](C)O. The summed E-state index contributed by atoms with van der Waals surface area (Å²) in [6.07, 6.45) is 2.76. The van der Waals surface area contributed by atoms with Gasteiger partial charge in [0.15, 0.2) is 5.96 Å². The molecule has 26 N–H and O–H groups in total. The van der Waals surface area contributed by atoms with Gasteiger partial charge in [-0.2, -0.15) is 0 Å². The van der Waals surface area contributed by atoms with Gasteiger partial charge in [0, 0.05) is 20.0 Å². The van der Waals surface area contributed by atoms with E-state index in [1.807, 2.05) is 13.8 Å². The molecule has 2 heterocycles. The molecule has 0 aliphatic carbocycles. The van der Waals surface area contributed by atoms with E-state index in [9.17, 15) is 87.2 Å². The smallest absolute Gasteiger partial charge is 0.326 e. The van der Waals surface area contributed by atoms with Crippen LogP contribution in [0.2, 0.25) is 0 Å². The Hall–Kier alpha value is -9.41. The van der Waals surface area contributed by atoms with Crippen LogP contribution in [0.3, 0.4) is 0 Å². The van der Waals surface area contributed by atoms with Crippen LogP contribution < -0.4 is 97.4 Å². The van der Waals surface area contributed by atoms with Crippen LogP contribution in [-0.2, 0) is 76.7 Å². The molecule has 2 aliphatic heterocycles. The van der Waals surface area contributed by atoms with E-state index < -0.39 is 199 Å². The van der Waals surface area contributed by atoms with Gasteiger partial charge in [0.25, 0.3) is 5.97 Å². The van der Waals surface area contributed by atoms with Crippen molar-refractivity contribution >= 4 is 101 Å². The van der Waals surface area contributed by atoms with Crippen molar-refractivity contribution < 1.29 is 97.1 Å². The molecule has 40 heteroatoms. The number of amides is 14. The second-order valence-electron chi connectivity index (χ2n) is 29.2. The van der Waals surface area contributed by atoms with E-state index in [0.717, 1.165) is 13.3 Å². The normalized spacial score (nSPS) is 17.1. The van der Waals surface area contributed by atoms with Gasteiger partial charge in [0.1, 0.15) is 72.5 Å². The van der Waals surface area contributed by atoms with Crippen molar-refractivity contribution in [1.82, 2.24) is 79.3 Å². The molecular weight excluding hydrogens is 1440 g/mol. The highest BCUT2D eigenvalue weighted by molar-refractivity contribution is 6.00. The summed E-state index contributed by atoms with van der Waals surface area (Å²) in [5.41, 5.74) is 22.2. The maximum absolute atomic E-state index is 14.2. The summed E-state index contributed by atoms with van der Waals surface area (Å²) < 4.78 is 0. The second kappa shape index (κ2) is 51.9. The first-order valence-electron chi connectivity index (χ1n) is 37.7. The van der Waals surface area contributed by atoms with Gasteiger partial charge in [0.05, 0.1) is 31.8 Å². The lowest BCUT2D eigenvalue weighted by Gasteiger charge is -2.29. The number of aliphatic hydroxyl groups is 2. The number of aliphatic imine (C=N–C) groups is 1. The number of carbonyl (C=O) groups is 16. The van der Waals surface area contributed by atoms with E-state index in [4.69, 9.17) is 32.8 Å². The molecule has 0 bridgehead atoms. The van der Waals surface area contributed by atoms with Gasteiger partial charge in [-0.15, -0.1) is 0 Å². The lowest BCUT2D eigenvalue weighted by Crippen LogP contribution is -2.62. The summed E-state index contributed by atoms with van der Waals surface area (Å²) in [5.74, 6) is -14.9. The first-order valence-corrected chi connectivity index (χ1v) is 37.7. The minimum Gasteiger partial charge on any atom is -0.481 e. The standard InChI is InChI=1S/C68H122N20O18.C2H4O2/c1-35(2)29-46(83-57(95)42-21-16-26-73-42)60(98)77-40(10)56(94)81-44(22-17-27-74-68(71)72)59(97)87-54(41(11)90)65(103)84-47(30-36(3)4)61(99)85-49(34-89)62(100)86-53(38(7)8)64(102)78-39(9)55(93)75-32-52(92)80-48(31-37(5)6)66(104)88-28-18-23-50(88)63(101)76-33-51(91)79-43(19-12-14-24-69)58(96)82-45(67(105)106)20-13-15-25-70;1-2(3)4/h35-50,53-54,73,89-90H,12-34,69-70H2,1-11H3,(H,75,93)(H,76,101)(H,77,98)(H,78,102)(H,79,91)(H,80,92)(H,81,94)(H,82,96)(H,83,95)(H,84,103)(H,85,99)(H,86,100)(H,87,97)(H,105,106)(H4,71,72,74);1H3,(H,3,4)/t39-,40-,41+,42-,43-,44-,45-,46-,47-,48-,49-,50-,53-,54-;/m0./s1. The Morgan fingerprint density at radius 3 is 1.43 bits per heavy atom. The van der Waals surface area contributed by atoms with Crippen molar-refractivity contribution in [3.8, 4) is 0 Å².